The summed E-state index contributed by atoms with van der Waals surface area (Å²) in [6, 6.07) is 6.01. The molecule has 0 aromatic heterocycles. The minimum absolute atomic E-state index is 0.399. The van der Waals surface area contributed by atoms with E-state index in [0.29, 0.717) is 23.5 Å². The Balaban J connectivity index is 2.97. The lowest BCUT2D eigenvalue weighted by molar-refractivity contribution is 0.406. The molecule has 1 aromatic carbocycles. The van der Waals surface area contributed by atoms with Gasteiger partial charge >= 0.3 is 0 Å². The Hall–Kier alpha value is -0.980. The predicted octanol–water partition coefficient (Wildman–Crippen LogP) is 4.49. The van der Waals surface area contributed by atoms with Crippen LogP contribution in [-0.2, 0) is 0 Å². The minimum Gasteiger partial charge on any atom is -0.508 e. The van der Waals surface area contributed by atoms with E-state index < -0.39 is 0 Å². The van der Waals surface area contributed by atoms with Gasteiger partial charge in [-0.3, -0.25) is 0 Å². The Morgan fingerprint density at radius 1 is 1.12 bits per heavy atom. The van der Waals surface area contributed by atoms with Gasteiger partial charge in [0.15, 0.2) is 0 Å². The molecule has 0 bridgehead atoms. The van der Waals surface area contributed by atoms with Crippen LogP contribution in [0.5, 0.6) is 5.75 Å². The van der Waals surface area contributed by atoms with Crippen molar-refractivity contribution < 1.29 is 5.11 Å². The molecule has 1 N–H and O–H groups in total. The van der Waals surface area contributed by atoms with E-state index >= 15 is 0 Å². The smallest absolute Gasteiger partial charge is 0.118 e. The third-order valence-electron chi connectivity index (χ3n) is 3.18. The maximum absolute atomic E-state index is 9.55. The van der Waals surface area contributed by atoms with Gasteiger partial charge in [-0.1, -0.05) is 39.8 Å². The summed E-state index contributed by atoms with van der Waals surface area (Å²) in [5, 5.41) is 9.55. The first kappa shape index (κ1) is 13.1. The van der Waals surface area contributed by atoms with Crippen LogP contribution in [0.4, 0.5) is 0 Å². The number of aromatic hydroxyl groups is 1. The van der Waals surface area contributed by atoms with Gasteiger partial charge in [-0.2, -0.15) is 0 Å². The zero-order chi connectivity index (χ0) is 12.3. The maximum Gasteiger partial charge on any atom is 0.118 e. The van der Waals surface area contributed by atoms with Crippen LogP contribution < -0.4 is 0 Å². The average Bonchev–Trinajstić information content (AvgIpc) is 2.18. The standard InChI is InChI=1S/C15H24O/c1-10(2)8-14(11(3)4)13-6-7-15(16)12(5)9-13/h6-7,9-11,14,16H,8H2,1-5H3. The van der Waals surface area contributed by atoms with Crippen molar-refractivity contribution in [2.45, 2.75) is 47.0 Å². The molecule has 1 heteroatoms. The number of phenolic OH excluding ortho intramolecular Hbond substituents is 1. The highest BCUT2D eigenvalue weighted by atomic mass is 16.3. The van der Waals surface area contributed by atoms with Gasteiger partial charge in [0.05, 0.1) is 0 Å². The van der Waals surface area contributed by atoms with E-state index in [4.69, 9.17) is 0 Å². The number of phenols is 1. The van der Waals surface area contributed by atoms with Crippen molar-refractivity contribution in [1.29, 1.82) is 0 Å². The van der Waals surface area contributed by atoms with Crippen molar-refractivity contribution in [3.8, 4) is 5.75 Å². The fourth-order valence-corrected chi connectivity index (χ4v) is 2.21. The molecule has 0 aliphatic heterocycles. The zero-order valence-electron chi connectivity index (χ0n) is 11.1. The quantitative estimate of drug-likeness (QED) is 0.792. The number of aryl methyl sites for hydroxylation is 1. The second-order valence-electron chi connectivity index (χ2n) is 5.53. The third kappa shape index (κ3) is 3.26. The summed E-state index contributed by atoms with van der Waals surface area (Å²) in [7, 11) is 0. The van der Waals surface area contributed by atoms with Crippen molar-refractivity contribution >= 4 is 0 Å². The first-order chi connectivity index (χ1) is 7.41. The average molecular weight is 220 g/mol. The molecule has 0 heterocycles. The Bertz CT molecular complexity index is 339. The van der Waals surface area contributed by atoms with Crippen LogP contribution in [0.1, 0.15) is 51.2 Å². The Morgan fingerprint density at radius 3 is 2.19 bits per heavy atom. The Morgan fingerprint density at radius 2 is 1.75 bits per heavy atom. The Kier molecular flexibility index (Phi) is 4.40. The van der Waals surface area contributed by atoms with Gasteiger partial charge in [-0.25, -0.2) is 0 Å². The highest BCUT2D eigenvalue weighted by Crippen LogP contribution is 2.32. The van der Waals surface area contributed by atoms with Gasteiger partial charge in [0.1, 0.15) is 5.75 Å². The second-order valence-corrected chi connectivity index (χ2v) is 5.53. The SMILES string of the molecule is Cc1cc(C(CC(C)C)C(C)C)ccc1O. The second kappa shape index (κ2) is 5.38. The minimum atomic E-state index is 0.399. The first-order valence-corrected chi connectivity index (χ1v) is 6.21. The summed E-state index contributed by atoms with van der Waals surface area (Å²) in [5.41, 5.74) is 2.34. The van der Waals surface area contributed by atoms with Crippen LogP contribution in [0, 0.1) is 18.8 Å². The van der Waals surface area contributed by atoms with Crippen molar-refractivity contribution in [3.05, 3.63) is 29.3 Å². The van der Waals surface area contributed by atoms with Crippen LogP contribution in [0.3, 0.4) is 0 Å². The van der Waals surface area contributed by atoms with Crippen molar-refractivity contribution in [2.24, 2.45) is 11.8 Å². The van der Waals surface area contributed by atoms with Gasteiger partial charge in [0.25, 0.3) is 0 Å². The molecule has 1 atom stereocenters. The molecule has 90 valence electrons. The lowest BCUT2D eigenvalue weighted by atomic mass is 9.82. The molecule has 16 heavy (non-hydrogen) atoms. The van der Waals surface area contributed by atoms with Crippen LogP contribution in [0.25, 0.3) is 0 Å². The highest BCUT2D eigenvalue weighted by molar-refractivity contribution is 5.36. The van der Waals surface area contributed by atoms with E-state index in [1.807, 2.05) is 13.0 Å². The van der Waals surface area contributed by atoms with E-state index in [0.717, 1.165) is 5.56 Å². The molecule has 0 radical (unpaired) electrons. The van der Waals surface area contributed by atoms with E-state index in [-0.39, 0.29) is 0 Å². The summed E-state index contributed by atoms with van der Waals surface area (Å²) in [6.45, 7) is 11.0. The van der Waals surface area contributed by atoms with Crippen LogP contribution in [0.2, 0.25) is 0 Å². The molecule has 0 aliphatic rings. The molecule has 0 saturated carbocycles. The molecule has 0 amide bonds. The molecular formula is C15H24O. The molecule has 1 rings (SSSR count). The van der Waals surface area contributed by atoms with Gasteiger partial charge in [0.2, 0.25) is 0 Å². The van der Waals surface area contributed by atoms with E-state index in [9.17, 15) is 5.11 Å². The summed E-state index contributed by atoms with van der Waals surface area (Å²) in [6.07, 6.45) is 1.21. The van der Waals surface area contributed by atoms with Gasteiger partial charge < -0.3 is 5.11 Å². The van der Waals surface area contributed by atoms with E-state index in [1.165, 1.54) is 12.0 Å². The summed E-state index contributed by atoms with van der Waals surface area (Å²) >= 11 is 0. The number of hydrogen-bond donors (Lipinski definition) is 1. The van der Waals surface area contributed by atoms with E-state index in [1.54, 1.807) is 0 Å². The fourth-order valence-electron chi connectivity index (χ4n) is 2.21. The molecule has 0 aliphatic carbocycles. The van der Waals surface area contributed by atoms with Gasteiger partial charge in [0, 0.05) is 0 Å². The van der Waals surface area contributed by atoms with Gasteiger partial charge in [-0.05, 0) is 48.3 Å². The molecule has 1 unspecified atom stereocenters. The molecular weight excluding hydrogens is 196 g/mol. The molecule has 0 spiro atoms. The normalized spacial score (nSPS) is 13.4. The molecule has 1 nitrogen and oxygen atoms in total. The molecule has 0 fully saturated rings. The summed E-state index contributed by atoms with van der Waals surface area (Å²) in [5.74, 6) is 2.35. The first-order valence-electron chi connectivity index (χ1n) is 6.21. The third-order valence-corrected chi connectivity index (χ3v) is 3.18. The van der Waals surface area contributed by atoms with Crippen molar-refractivity contribution in [1.82, 2.24) is 0 Å². The van der Waals surface area contributed by atoms with Crippen molar-refractivity contribution in [2.75, 3.05) is 0 Å². The fraction of sp³-hybridized carbons (Fsp3) is 0.600. The van der Waals surface area contributed by atoms with Crippen LogP contribution in [0.15, 0.2) is 18.2 Å². The van der Waals surface area contributed by atoms with Gasteiger partial charge in [-0.15, -0.1) is 0 Å². The monoisotopic (exact) mass is 220 g/mol. The number of benzene rings is 1. The highest BCUT2D eigenvalue weighted by Gasteiger charge is 2.17. The lowest BCUT2D eigenvalue weighted by Gasteiger charge is -2.23. The molecule has 0 saturated heterocycles. The Labute approximate surface area is 99.5 Å². The summed E-state index contributed by atoms with van der Waals surface area (Å²) < 4.78 is 0. The summed E-state index contributed by atoms with van der Waals surface area (Å²) in [4.78, 5) is 0. The zero-order valence-corrected chi connectivity index (χ0v) is 11.1. The van der Waals surface area contributed by atoms with Crippen LogP contribution >= 0.6 is 0 Å². The van der Waals surface area contributed by atoms with Crippen molar-refractivity contribution in [3.63, 3.8) is 0 Å². The predicted molar refractivity (Wildman–Crippen MR) is 69.9 cm³/mol. The van der Waals surface area contributed by atoms with E-state index in [2.05, 4.69) is 39.8 Å². The van der Waals surface area contributed by atoms with Crippen LogP contribution in [-0.4, -0.2) is 5.11 Å². The largest absolute Gasteiger partial charge is 0.508 e. The topological polar surface area (TPSA) is 20.2 Å². The number of hydrogen-bond acceptors (Lipinski definition) is 1. The number of rotatable bonds is 4. The molecule has 1 aromatic rings. The lowest BCUT2D eigenvalue weighted by Crippen LogP contribution is -2.10. The maximum atomic E-state index is 9.55.